The fourth-order valence-corrected chi connectivity index (χ4v) is 1.39. The Labute approximate surface area is 112 Å². The lowest BCUT2D eigenvalue weighted by atomic mass is 10.3. The number of carbonyl (C=O) groups is 2. The van der Waals surface area contributed by atoms with Crippen molar-refractivity contribution >= 4 is 17.7 Å². The molecule has 0 radical (unpaired) electrons. The molecule has 0 atom stereocenters. The van der Waals surface area contributed by atoms with Crippen molar-refractivity contribution in [1.29, 1.82) is 0 Å². The Morgan fingerprint density at radius 1 is 1.35 bits per heavy atom. The first kappa shape index (κ1) is 13.5. The molecule has 1 amide bonds. The smallest absolute Gasteiger partial charge is 0.343 e. The largest absolute Gasteiger partial charge is 0.462 e. The number of hydrogen-bond acceptors (Lipinski definition) is 6. The van der Waals surface area contributed by atoms with Gasteiger partial charge in [-0.2, -0.15) is 10.2 Å². The minimum absolute atomic E-state index is 0.00555. The van der Waals surface area contributed by atoms with E-state index in [0.717, 1.165) is 0 Å². The van der Waals surface area contributed by atoms with E-state index >= 15 is 0 Å². The molecule has 0 spiro atoms. The summed E-state index contributed by atoms with van der Waals surface area (Å²) in [6, 6.07) is 2.43. The Kier molecular flexibility index (Phi) is 3.89. The van der Waals surface area contributed by atoms with Gasteiger partial charge in [0, 0.05) is 6.07 Å². The van der Waals surface area contributed by atoms with Gasteiger partial charge in [0.1, 0.15) is 17.1 Å². The Hall–Kier alpha value is -2.97. The molecule has 0 aliphatic heterocycles. The first-order chi connectivity index (χ1) is 9.61. The summed E-state index contributed by atoms with van der Waals surface area (Å²) < 4.78 is 4.82. The Morgan fingerprint density at radius 3 is 2.80 bits per heavy atom. The molecule has 0 saturated carbocycles. The van der Waals surface area contributed by atoms with Gasteiger partial charge >= 0.3 is 5.97 Å². The molecular weight excluding hydrogens is 266 g/mol. The predicted molar refractivity (Wildman–Crippen MR) is 67.4 cm³/mol. The van der Waals surface area contributed by atoms with E-state index in [1.54, 1.807) is 6.92 Å². The summed E-state index contributed by atoms with van der Waals surface area (Å²) in [5.41, 5.74) is -0.325. The second kappa shape index (κ2) is 5.78. The molecular formula is C11H11N5O4. The average molecular weight is 277 g/mol. The fourth-order valence-electron chi connectivity index (χ4n) is 1.39. The molecule has 104 valence electrons. The third-order valence-corrected chi connectivity index (χ3v) is 2.28. The molecule has 2 rings (SSSR count). The van der Waals surface area contributed by atoms with Crippen LogP contribution < -0.4 is 10.9 Å². The van der Waals surface area contributed by atoms with Crippen LogP contribution in [0.4, 0.5) is 5.82 Å². The lowest BCUT2D eigenvalue weighted by molar-refractivity contribution is 0.0527. The predicted octanol–water partition coefficient (Wildman–Crippen LogP) is -0.0780. The molecule has 3 N–H and O–H groups in total. The standard InChI is InChI=1S/C11H11N5O4/c1-2-20-11(19)6-5-12-16-9(6)13-10(18)7-3-4-8(17)15-14-7/h3-5H,2H2,1H3,(H,15,17)(H2,12,13,16,18). The van der Waals surface area contributed by atoms with E-state index in [1.807, 2.05) is 0 Å². The number of nitrogens with one attached hydrogen (secondary N) is 3. The highest BCUT2D eigenvalue weighted by molar-refractivity contribution is 6.05. The van der Waals surface area contributed by atoms with Crippen molar-refractivity contribution in [2.24, 2.45) is 0 Å². The number of anilines is 1. The molecule has 20 heavy (non-hydrogen) atoms. The number of aromatic amines is 2. The normalized spacial score (nSPS) is 10.1. The number of carbonyl (C=O) groups excluding carboxylic acids is 2. The van der Waals surface area contributed by atoms with Crippen LogP contribution in [0.2, 0.25) is 0 Å². The molecule has 0 bridgehead atoms. The Balaban J connectivity index is 2.16. The Bertz CT molecular complexity index is 670. The quantitative estimate of drug-likeness (QED) is 0.670. The zero-order valence-corrected chi connectivity index (χ0v) is 10.5. The number of esters is 1. The molecule has 2 aromatic heterocycles. The molecule has 0 aromatic carbocycles. The number of H-pyrrole nitrogens is 2. The van der Waals surface area contributed by atoms with E-state index in [2.05, 4.69) is 25.7 Å². The van der Waals surface area contributed by atoms with Crippen LogP contribution in [0.3, 0.4) is 0 Å². The highest BCUT2D eigenvalue weighted by atomic mass is 16.5. The molecule has 9 nitrogen and oxygen atoms in total. The maximum absolute atomic E-state index is 11.9. The van der Waals surface area contributed by atoms with Gasteiger partial charge in [-0.1, -0.05) is 0 Å². The van der Waals surface area contributed by atoms with Gasteiger partial charge in [-0.15, -0.1) is 0 Å². The number of hydrogen-bond donors (Lipinski definition) is 3. The Morgan fingerprint density at radius 2 is 2.15 bits per heavy atom. The summed E-state index contributed by atoms with van der Waals surface area (Å²) >= 11 is 0. The van der Waals surface area contributed by atoms with Gasteiger partial charge in [-0.05, 0) is 13.0 Å². The number of aromatic nitrogens is 4. The van der Waals surface area contributed by atoms with Crippen molar-refractivity contribution in [2.75, 3.05) is 11.9 Å². The van der Waals surface area contributed by atoms with E-state index in [-0.39, 0.29) is 23.7 Å². The van der Waals surface area contributed by atoms with Gasteiger partial charge < -0.3 is 10.1 Å². The van der Waals surface area contributed by atoms with Crippen molar-refractivity contribution in [3.63, 3.8) is 0 Å². The summed E-state index contributed by atoms with van der Waals surface area (Å²) in [5.74, 6) is -1.11. The molecule has 0 unspecified atom stereocenters. The van der Waals surface area contributed by atoms with Crippen molar-refractivity contribution in [3.8, 4) is 0 Å². The highest BCUT2D eigenvalue weighted by Gasteiger charge is 2.18. The first-order valence-electron chi connectivity index (χ1n) is 5.69. The van der Waals surface area contributed by atoms with Gasteiger partial charge in [-0.3, -0.25) is 14.7 Å². The second-order valence-corrected chi connectivity index (χ2v) is 3.64. The SMILES string of the molecule is CCOC(=O)c1cn[nH]c1NC(=O)c1ccc(=O)[nH]n1. The zero-order valence-electron chi connectivity index (χ0n) is 10.5. The zero-order chi connectivity index (χ0) is 14.5. The summed E-state index contributed by atoms with van der Waals surface area (Å²) in [4.78, 5) is 34.3. The van der Waals surface area contributed by atoms with Crippen molar-refractivity contribution in [2.45, 2.75) is 6.92 Å². The van der Waals surface area contributed by atoms with Crippen LogP contribution in [0.15, 0.2) is 23.1 Å². The van der Waals surface area contributed by atoms with Crippen LogP contribution in [-0.4, -0.2) is 38.9 Å². The molecule has 2 aromatic rings. The third-order valence-electron chi connectivity index (χ3n) is 2.28. The molecule has 0 aliphatic rings. The van der Waals surface area contributed by atoms with Gasteiger partial charge in [-0.25, -0.2) is 9.89 Å². The van der Waals surface area contributed by atoms with Crippen molar-refractivity contribution in [3.05, 3.63) is 39.9 Å². The number of nitrogens with zero attached hydrogens (tertiary/aromatic N) is 2. The summed E-state index contributed by atoms with van der Waals surface area (Å²) in [6.45, 7) is 1.87. The molecule has 0 fully saturated rings. The number of rotatable bonds is 4. The summed E-state index contributed by atoms with van der Waals surface area (Å²) in [7, 11) is 0. The van der Waals surface area contributed by atoms with Crippen LogP contribution in [0.25, 0.3) is 0 Å². The topological polar surface area (TPSA) is 130 Å². The summed E-state index contributed by atoms with van der Waals surface area (Å²) in [5, 5.41) is 14.3. The van der Waals surface area contributed by atoms with E-state index in [4.69, 9.17) is 4.74 Å². The first-order valence-corrected chi connectivity index (χ1v) is 5.69. The second-order valence-electron chi connectivity index (χ2n) is 3.64. The maximum atomic E-state index is 11.9. The van der Waals surface area contributed by atoms with Crippen LogP contribution in [-0.2, 0) is 4.74 Å². The highest BCUT2D eigenvalue weighted by Crippen LogP contribution is 2.13. The molecule has 2 heterocycles. The molecule has 9 heteroatoms. The average Bonchev–Trinajstić information content (AvgIpc) is 2.88. The minimum atomic E-state index is -0.606. The van der Waals surface area contributed by atoms with Gasteiger partial charge in [0.15, 0.2) is 0 Å². The minimum Gasteiger partial charge on any atom is -0.462 e. The fraction of sp³-hybridized carbons (Fsp3) is 0.182. The van der Waals surface area contributed by atoms with Crippen LogP contribution in [0.5, 0.6) is 0 Å². The van der Waals surface area contributed by atoms with E-state index in [1.165, 1.54) is 18.3 Å². The third kappa shape index (κ3) is 2.88. The van der Waals surface area contributed by atoms with Gasteiger partial charge in [0.2, 0.25) is 0 Å². The van der Waals surface area contributed by atoms with Crippen LogP contribution >= 0.6 is 0 Å². The monoisotopic (exact) mass is 277 g/mol. The van der Waals surface area contributed by atoms with Crippen molar-refractivity contribution in [1.82, 2.24) is 20.4 Å². The molecule has 0 aliphatic carbocycles. The summed E-state index contributed by atoms with van der Waals surface area (Å²) in [6.07, 6.45) is 1.24. The van der Waals surface area contributed by atoms with Gasteiger partial charge in [0.05, 0.1) is 12.8 Å². The van der Waals surface area contributed by atoms with Crippen molar-refractivity contribution < 1.29 is 14.3 Å². The van der Waals surface area contributed by atoms with Crippen LogP contribution in [0.1, 0.15) is 27.8 Å². The number of ether oxygens (including phenoxy) is 1. The maximum Gasteiger partial charge on any atom is 0.343 e. The number of amides is 1. The lowest BCUT2D eigenvalue weighted by Crippen LogP contribution is -2.19. The van der Waals surface area contributed by atoms with E-state index in [0.29, 0.717) is 0 Å². The van der Waals surface area contributed by atoms with E-state index < -0.39 is 17.4 Å². The van der Waals surface area contributed by atoms with Gasteiger partial charge in [0.25, 0.3) is 11.5 Å². The lowest BCUT2D eigenvalue weighted by Gasteiger charge is -2.04. The van der Waals surface area contributed by atoms with Crippen LogP contribution in [0, 0.1) is 0 Å². The molecule has 0 saturated heterocycles. The van der Waals surface area contributed by atoms with E-state index in [9.17, 15) is 14.4 Å².